The SMILES string of the molecule is Nc1ccc(NC(=O)C2(F)CC2)cn1. The summed E-state index contributed by atoms with van der Waals surface area (Å²) in [4.78, 5) is 15.0. The second-order valence-corrected chi connectivity index (χ2v) is 3.39. The highest BCUT2D eigenvalue weighted by molar-refractivity contribution is 5.99. The predicted octanol–water partition coefficient (Wildman–Crippen LogP) is 1.10. The van der Waals surface area contributed by atoms with Crippen molar-refractivity contribution in [3.63, 3.8) is 0 Å². The first-order valence-electron chi connectivity index (χ1n) is 4.32. The lowest BCUT2D eigenvalue weighted by atomic mass is 10.3. The van der Waals surface area contributed by atoms with Crippen molar-refractivity contribution >= 4 is 17.4 Å². The number of anilines is 2. The monoisotopic (exact) mass is 195 g/mol. The van der Waals surface area contributed by atoms with Crippen LogP contribution < -0.4 is 11.1 Å². The molecule has 5 heteroatoms. The molecule has 3 N–H and O–H groups in total. The van der Waals surface area contributed by atoms with Crippen molar-refractivity contribution in [3.05, 3.63) is 18.3 Å². The standard InChI is InChI=1S/C9H10FN3O/c10-9(3-4-9)8(14)13-6-1-2-7(11)12-5-6/h1-2,5H,3-4H2,(H2,11,12)(H,13,14). The second kappa shape index (κ2) is 2.94. The third-order valence-corrected chi connectivity index (χ3v) is 2.14. The number of nitrogens with two attached hydrogens (primary N) is 1. The number of nitrogen functional groups attached to an aromatic ring is 1. The Balaban J connectivity index is 2.04. The number of nitrogens with zero attached hydrogens (tertiary/aromatic N) is 1. The molecule has 0 spiro atoms. The van der Waals surface area contributed by atoms with Crippen molar-refractivity contribution in [1.82, 2.24) is 4.98 Å². The number of rotatable bonds is 2. The molecular weight excluding hydrogens is 185 g/mol. The van der Waals surface area contributed by atoms with Crippen LogP contribution >= 0.6 is 0 Å². The van der Waals surface area contributed by atoms with E-state index in [-0.39, 0.29) is 0 Å². The lowest BCUT2D eigenvalue weighted by Crippen LogP contribution is -2.25. The van der Waals surface area contributed by atoms with Gasteiger partial charge in [0.2, 0.25) is 0 Å². The van der Waals surface area contributed by atoms with Gasteiger partial charge in [0.15, 0.2) is 5.67 Å². The molecule has 0 atom stereocenters. The van der Waals surface area contributed by atoms with Gasteiger partial charge in [-0.3, -0.25) is 4.79 Å². The minimum atomic E-state index is -1.65. The maximum atomic E-state index is 13.2. The number of amides is 1. The molecule has 2 rings (SSSR count). The number of aromatic nitrogens is 1. The summed E-state index contributed by atoms with van der Waals surface area (Å²) in [5, 5.41) is 2.44. The lowest BCUT2D eigenvalue weighted by molar-refractivity contribution is -0.122. The van der Waals surface area contributed by atoms with E-state index in [0.717, 1.165) is 0 Å². The fourth-order valence-electron chi connectivity index (χ4n) is 1.06. The zero-order chi connectivity index (χ0) is 10.2. The first kappa shape index (κ1) is 8.93. The molecule has 1 aliphatic carbocycles. The summed E-state index contributed by atoms with van der Waals surface area (Å²) < 4.78 is 13.2. The van der Waals surface area contributed by atoms with Gasteiger partial charge in [0.05, 0.1) is 11.9 Å². The van der Waals surface area contributed by atoms with Gasteiger partial charge in [-0.2, -0.15) is 0 Å². The number of pyridine rings is 1. The van der Waals surface area contributed by atoms with Gasteiger partial charge in [-0.1, -0.05) is 0 Å². The van der Waals surface area contributed by atoms with Crippen LogP contribution in [0.2, 0.25) is 0 Å². The third kappa shape index (κ3) is 1.66. The van der Waals surface area contributed by atoms with Gasteiger partial charge in [0.1, 0.15) is 5.82 Å². The number of alkyl halides is 1. The molecule has 1 heterocycles. The first-order chi connectivity index (χ1) is 6.60. The molecular formula is C9H10FN3O. The Hall–Kier alpha value is -1.65. The van der Waals surface area contributed by atoms with Gasteiger partial charge in [0, 0.05) is 0 Å². The Morgan fingerprint density at radius 3 is 2.79 bits per heavy atom. The van der Waals surface area contributed by atoms with Gasteiger partial charge >= 0.3 is 0 Å². The summed E-state index contributed by atoms with van der Waals surface area (Å²) in [5.41, 5.74) is 4.17. The van der Waals surface area contributed by atoms with E-state index in [1.54, 1.807) is 12.1 Å². The summed E-state index contributed by atoms with van der Waals surface area (Å²) in [5.74, 6) is -0.228. The fourth-order valence-corrected chi connectivity index (χ4v) is 1.06. The van der Waals surface area contributed by atoms with Crippen LogP contribution in [0.4, 0.5) is 15.9 Å². The lowest BCUT2D eigenvalue weighted by Gasteiger charge is -2.06. The first-order valence-corrected chi connectivity index (χ1v) is 4.32. The van der Waals surface area contributed by atoms with Crippen LogP contribution in [-0.2, 0) is 4.79 Å². The van der Waals surface area contributed by atoms with E-state index in [2.05, 4.69) is 10.3 Å². The average molecular weight is 195 g/mol. The Kier molecular flexibility index (Phi) is 1.87. The molecule has 1 aliphatic rings. The molecule has 0 aromatic carbocycles. The van der Waals surface area contributed by atoms with Gasteiger partial charge in [-0.05, 0) is 25.0 Å². The molecule has 74 valence electrons. The Bertz CT molecular complexity index is 359. The van der Waals surface area contributed by atoms with Crippen LogP contribution in [0.5, 0.6) is 0 Å². The molecule has 0 saturated heterocycles. The summed E-state index contributed by atoms with van der Waals surface area (Å²) in [7, 11) is 0. The molecule has 4 nitrogen and oxygen atoms in total. The Morgan fingerprint density at radius 2 is 2.29 bits per heavy atom. The minimum absolute atomic E-state index is 0.307. The van der Waals surface area contributed by atoms with Crippen LogP contribution in [0.15, 0.2) is 18.3 Å². The second-order valence-electron chi connectivity index (χ2n) is 3.39. The highest BCUT2D eigenvalue weighted by Crippen LogP contribution is 2.40. The average Bonchev–Trinajstić information content (AvgIpc) is 2.89. The Morgan fingerprint density at radius 1 is 1.57 bits per heavy atom. The largest absolute Gasteiger partial charge is 0.384 e. The van der Waals surface area contributed by atoms with E-state index in [0.29, 0.717) is 24.3 Å². The normalized spacial score (nSPS) is 17.5. The van der Waals surface area contributed by atoms with Crippen molar-refractivity contribution in [3.8, 4) is 0 Å². The summed E-state index contributed by atoms with van der Waals surface area (Å²) >= 11 is 0. The number of hydrogen-bond acceptors (Lipinski definition) is 3. The van der Waals surface area contributed by atoms with Crippen molar-refractivity contribution in [2.75, 3.05) is 11.1 Å². The van der Waals surface area contributed by atoms with E-state index in [1.165, 1.54) is 6.20 Å². The number of hydrogen-bond donors (Lipinski definition) is 2. The molecule has 1 fully saturated rings. The Labute approximate surface area is 80.3 Å². The molecule has 0 unspecified atom stereocenters. The third-order valence-electron chi connectivity index (χ3n) is 2.14. The van der Waals surface area contributed by atoms with Gasteiger partial charge in [-0.25, -0.2) is 9.37 Å². The maximum absolute atomic E-state index is 13.2. The highest BCUT2D eigenvalue weighted by Gasteiger charge is 2.50. The maximum Gasteiger partial charge on any atom is 0.262 e. The van der Waals surface area contributed by atoms with Crippen molar-refractivity contribution in [1.29, 1.82) is 0 Å². The number of nitrogens with one attached hydrogen (secondary N) is 1. The van der Waals surface area contributed by atoms with Crippen LogP contribution in [0.3, 0.4) is 0 Å². The fraction of sp³-hybridized carbons (Fsp3) is 0.333. The molecule has 1 aromatic heterocycles. The topological polar surface area (TPSA) is 68.0 Å². The van der Waals surface area contributed by atoms with E-state index in [4.69, 9.17) is 5.73 Å². The molecule has 14 heavy (non-hydrogen) atoms. The quantitative estimate of drug-likeness (QED) is 0.742. The predicted molar refractivity (Wildman–Crippen MR) is 50.4 cm³/mol. The highest BCUT2D eigenvalue weighted by atomic mass is 19.1. The van der Waals surface area contributed by atoms with Crippen LogP contribution in [0.25, 0.3) is 0 Å². The molecule has 0 bridgehead atoms. The number of halogens is 1. The van der Waals surface area contributed by atoms with Crippen molar-refractivity contribution < 1.29 is 9.18 Å². The molecule has 0 radical (unpaired) electrons. The van der Waals surface area contributed by atoms with Crippen molar-refractivity contribution in [2.45, 2.75) is 18.5 Å². The van der Waals surface area contributed by atoms with Gasteiger partial charge < -0.3 is 11.1 Å². The van der Waals surface area contributed by atoms with E-state index in [1.807, 2.05) is 0 Å². The smallest absolute Gasteiger partial charge is 0.262 e. The van der Waals surface area contributed by atoms with Crippen LogP contribution in [-0.4, -0.2) is 16.6 Å². The molecule has 1 aromatic rings. The zero-order valence-electron chi connectivity index (χ0n) is 7.46. The van der Waals surface area contributed by atoms with Crippen LogP contribution in [0.1, 0.15) is 12.8 Å². The number of carbonyl (C=O) groups is 1. The number of carbonyl (C=O) groups excluding carboxylic acids is 1. The summed E-state index contributed by atoms with van der Waals surface area (Å²) in [6.45, 7) is 0. The van der Waals surface area contributed by atoms with Gasteiger partial charge in [0.25, 0.3) is 5.91 Å². The molecule has 1 saturated carbocycles. The van der Waals surface area contributed by atoms with Crippen molar-refractivity contribution in [2.24, 2.45) is 0 Å². The molecule has 1 amide bonds. The van der Waals surface area contributed by atoms with E-state index in [9.17, 15) is 9.18 Å². The van der Waals surface area contributed by atoms with Crippen LogP contribution in [0, 0.1) is 0 Å². The summed E-state index contributed by atoms with van der Waals surface area (Å²) in [6, 6.07) is 3.14. The summed E-state index contributed by atoms with van der Waals surface area (Å²) in [6.07, 6.45) is 2.02. The zero-order valence-corrected chi connectivity index (χ0v) is 7.46. The van der Waals surface area contributed by atoms with Gasteiger partial charge in [-0.15, -0.1) is 0 Å². The van der Waals surface area contributed by atoms with E-state index < -0.39 is 11.6 Å². The minimum Gasteiger partial charge on any atom is -0.384 e. The molecule has 0 aliphatic heterocycles. The van der Waals surface area contributed by atoms with E-state index >= 15 is 0 Å².